The minimum atomic E-state index is -0.422. The summed E-state index contributed by atoms with van der Waals surface area (Å²) in [5.74, 6) is 0.671. The van der Waals surface area contributed by atoms with Gasteiger partial charge in [-0.1, -0.05) is 0 Å². The van der Waals surface area contributed by atoms with Crippen LogP contribution >= 0.6 is 0 Å². The van der Waals surface area contributed by atoms with E-state index in [2.05, 4.69) is 16.6 Å². The van der Waals surface area contributed by atoms with Crippen molar-refractivity contribution in [1.29, 1.82) is 0 Å². The van der Waals surface area contributed by atoms with Crippen molar-refractivity contribution in [3.63, 3.8) is 0 Å². The molecule has 100 valence electrons. The molecule has 0 aromatic carbocycles. The fraction of sp³-hybridized carbons (Fsp3) is 0.615. The van der Waals surface area contributed by atoms with Crippen LogP contribution in [-0.2, 0) is 16.0 Å². The first-order valence-corrected chi connectivity index (χ1v) is 6.11. The molecule has 1 fully saturated rings. The van der Waals surface area contributed by atoms with Crippen molar-refractivity contribution >= 4 is 5.97 Å². The van der Waals surface area contributed by atoms with Crippen molar-refractivity contribution in [2.45, 2.75) is 26.5 Å². The summed E-state index contributed by atoms with van der Waals surface area (Å²) in [6, 6.07) is 1.90. The monoisotopic (exact) mass is 253 g/mol. The van der Waals surface area contributed by atoms with Crippen molar-refractivity contribution in [1.82, 2.24) is 4.90 Å². The summed E-state index contributed by atoms with van der Waals surface area (Å²) in [7, 11) is 1.35. The largest absolute Gasteiger partial charge is 0.463 e. The van der Waals surface area contributed by atoms with Crippen LogP contribution in [-0.4, -0.2) is 43.8 Å². The molecule has 5 heteroatoms. The number of morpholine rings is 1. The molecule has 0 aliphatic carbocycles. The normalized spacial score (nSPS) is 20.9. The number of carbonyl (C=O) groups excluding carboxylic acids is 1. The van der Waals surface area contributed by atoms with Crippen molar-refractivity contribution in [2.24, 2.45) is 0 Å². The number of carbonyl (C=O) groups is 1. The molecule has 0 unspecified atom stereocenters. The van der Waals surface area contributed by atoms with Crippen LogP contribution in [0, 0.1) is 6.92 Å². The van der Waals surface area contributed by atoms with Crippen LogP contribution in [0.1, 0.15) is 28.8 Å². The third-order valence-corrected chi connectivity index (χ3v) is 3.04. The quantitative estimate of drug-likeness (QED) is 0.766. The van der Waals surface area contributed by atoms with Gasteiger partial charge >= 0.3 is 5.97 Å². The minimum absolute atomic E-state index is 0.245. The molecule has 0 N–H and O–H groups in total. The number of methoxy groups -OCH3 is 1. The SMILES string of the molecule is COC(=O)c1oc(CN2CCO[C@H](C)C2)cc1C. The Morgan fingerprint density at radius 2 is 2.39 bits per heavy atom. The second-order valence-electron chi connectivity index (χ2n) is 4.63. The van der Waals surface area contributed by atoms with E-state index < -0.39 is 5.97 Å². The zero-order valence-corrected chi connectivity index (χ0v) is 11.1. The summed E-state index contributed by atoms with van der Waals surface area (Å²) >= 11 is 0. The topological polar surface area (TPSA) is 51.9 Å². The first-order valence-electron chi connectivity index (χ1n) is 6.11. The Hall–Kier alpha value is -1.33. The lowest BCUT2D eigenvalue weighted by atomic mass is 10.2. The van der Waals surface area contributed by atoms with Gasteiger partial charge in [0.1, 0.15) is 5.76 Å². The van der Waals surface area contributed by atoms with Gasteiger partial charge < -0.3 is 13.9 Å². The van der Waals surface area contributed by atoms with Gasteiger partial charge in [-0.15, -0.1) is 0 Å². The molecule has 18 heavy (non-hydrogen) atoms. The lowest BCUT2D eigenvalue weighted by Crippen LogP contribution is -2.40. The van der Waals surface area contributed by atoms with E-state index in [4.69, 9.17) is 9.15 Å². The van der Waals surface area contributed by atoms with Crippen LogP contribution in [0.15, 0.2) is 10.5 Å². The molecule has 5 nitrogen and oxygen atoms in total. The molecular formula is C13H19NO4. The molecule has 0 saturated carbocycles. The van der Waals surface area contributed by atoms with Gasteiger partial charge in [-0.25, -0.2) is 4.79 Å². The number of hydrogen-bond donors (Lipinski definition) is 0. The van der Waals surface area contributed by atoms with Crippen LogP contribution < -0.4 is 0 Å². The Balaban J connectivity index is 2.03. The standard InChI is InChI=1S/C13H19NO4/c1-9-6-11(18-12(9)13(15)16-3)8-14-4-5-17-10(2)7-14/h6,10H,4-5,7-8H2,1-3H3/t10-/m1/s1. The van der Waals surface area contributed by atoms with Crippen LogP contribution in [0.4, 0.5) is 0 Å². The van der Waals surface area contributed by atoms with E-state index in [-0.39, 0.29) is 6.10 Å². The third kappa shape index (κ3) is 2.91. The first-order chi connectivity index (χ1) is 8.60. The molecule has 1 saturated heterocycles. The summed E-state index contributed by atoms with van der Waals surface area (Å²) in [5.41, 5.74) is 0.818. The minimum Gasteiger partial charge on any atom is -0.463 e. The zero-order chi connectivity index (χ0) is 13.1. The zero-order valence-electron chi connectivity index (χ0n) is 11.1. The molecule has 1 aromatic heterocycles. The molecule has 0 amide bonds. The van der Waals surface area contributed by atoms with Crippen molar-refractivity contribution < 1.29 is 18.7 Å². The molecule has 1 aliphatic heterocycles. The van der Waals surface area contributed by atoms with Crippen molar-refractivity contribution in [2.75, 3.05) is 26.8 Å². The Bertz CT molecular complexity index is 427. The van der Waals surface area contributed by atoms with E-state index in [0.717, 1.165) is 31.0 Å². The smallest absolute Gasteiger partial charge is 0.374 e. The number of rotatable bonds is 3. The van der Waals surface area contributed by atoms with E-state index in [1.54, 1.807) is 0 Å². The number of hydrogen-bond acceptors (Lipinski definition) is 5. The van der Waals surface area contributed by atoms with Crippen molar-refractivity contribution in [3.05, 3.63) is 23.2 Å². The molecule has 0 spiro atoms. The molecule has 1 aliphatic rings. The molecule has 1 aromatic rings. The van der Waals surface area contributed by atoms with E-state index in [9.17, 15) is 4.79 Å². The lowest BCUT2D eigenvalue weighted by Gasteiger charge is -2.30. The van der Waals surface area contributed by atoms with Gasteiger partial charge in [0.2, 0.25) is 5.76 Å². The second-order valence-corrected chi connectivity index (χ2v) is 4.63. The molecule has 2 rings (SSSR count). The molecule has 0 bridgehead atoms. The van der Waals surface area contributed by atoms with Crippen LogP contribution in [0.2, 0.25) is 0 Å². The predicted octanol–water partition coefficient (Wildman–Crippen LogP) is 1.60. The van der Waals surface area contributed by atoms with Gasteiger partial charge in [0.25, 0.3) is 0 Å². The molecule has 2 heterocycles. The van der Waals surface area contributed by atoms with Crippen LogP contribution in [0.3, 0.4) is 0 Å². The molecule has 1 atom stereocenters. The number of ether oxygens (including phenoxy) is 2. The highest BCUT2D eigenvalue weighted by Crippen LogP contribution is 2.18. The number of esters is 1. The number of furan rings is 1. The maximum atomic E-state index is 11.4. The highest BCUT2D eigenvalue weighted by atomic mass is 16.5. The fourth-order valence-electron chi connectivity index (χ4n) is 2.18. The first kappa shape index (κ1) is 13.1. The van der Waals surface area contributed by atoms with Crippen molar-refractivity contribution in [3.8, 4) is 0 Å². The van der Waals surface area contributed by atoms with Gasteiger partial charge in [-0.3, -0.25) is 4.90 Å². The third-order valence-electron chi connectivity index (χ3n) is 3.04. The van der Waals surface area contributed by atoms with E-state index >= 15 is 0 Å². The Morgan fingerprint density at radius 1 is 1.61 bits per heavy atom. The van der Waals surface area contributed by atoms with Gasteiger partial charge in [0, 0.05) is 18.7 Å². The van der Waals surface area contributed by atoms with E-state index in [1.165, 1.54) is 7.11 Å². The van der Waals surface area contributed by atoms with E-state index in [1.807, 2.05) is 13.0 Å². The van der Waals surface area contributed by atoms with Gasteiger partial charge in [0.15, 0.2) is 0 Å². The summed E-state index contributed by atoms with van der Waals surface area (Å²) < 4.78 is 15.7. The van der Waals surface area contributed by atoms with Crippen LogP contribution in [0.25, 0.3) is 0 Å². The summed E-state index contributed by atoms with van der Waals surface area (Å²) in [6.45, 7) is 7.11. The lowest BCUT2D eigenvalue weighted by molar-refractivity contribution is -0.0232. The second kappa shape index (κ2) is 5.54. The average molecular weight is 253 g/mol. The summed E-state index contributed by atoms with van der Waals surface area (Å²) in [5, 5.41) is 0. The fourth-order valence-corrected chi connectivity index (χ4v) is 2.18. The van der Waals surface area contributed by atoms with E-state index in [0.29, 0.717) is 12.3 Å². The van der Waals surface area contributed by atoms with Gasteiger partial charge in [-0.2, -0.15) is 0 Å². The summed E-state index contributed by atoms with van der Waals surface area (Å²) in [6.07, 6.45) is 0.245. The Morgan fingerprint density at radius 3 is 3.06 bits per heavy atom. The maximum absolute atomic E-state index is 11.4. The number of nitrogens with zero attached hydrogens (tertiary/aromatic N) is 1. The number of aryl methyl sites for hydroxylation is 1. The predicted molar refractivity (Wildman–Crippen MR) is 65.5 cm³/mol. The Labute approximate surface area is 107 Å². The highest BCUT2D eigenvalue weighted by Gasteiger charge is 2.20. The summed E-state index contributed by atoms with van der Waals surface area (Å²) in [4.78, 5) is 13.7. The van der Waals surface area contributed by atoms with Gasteiger partial charge in [-0.05, 0) is 19.9 Å². The van der Waals surface area contributed by atoms with Crippen LogP contribution in [0.5, 0.6) is 0 Å². The maximum Gasteiger partial charge on any atom is 0.374 e. The molecular weight excluding hydrogens is 234 g/mol. The average Bonchev–Trinajstić information content (AvgIpc) is 2.69. The van der Waals surface area contributed by atoms with Gasteiger partial charge in [0.05, 0.1) is 26.4 Å². The molecule has 0 radical (unpaired) electrons. The highest BCUT2D eigenvalue weighted by molar-refractivity contribution is 5.87. The Kier molecular flexibility index (Phi) is 4.04.